The maximum Gasteiger partial charge on any atom is 0.0616 e. The molecule has 0 spiro atoms. The van der Waals surface area contributed by atoms with E-state index in [1.807, 2.05) is 22.7 Å². The molecular formula is C37H24S8. The molecule has 6 aliphatic rings. The monoisotopic (exact) mass is 724 g/mol. The van der Waals surface area contributed by atoms with Crippen LogP contribution in [0.1, 0.15) is 78.8 Å². The van der Waals surface area contributed by atoms with Crippen molar-refractivity contribution in [3.63, 3.8) is 0 Å². The number of rotatable bonds is 3. The molecule has 0 saturated heterocycles. The Morgan fingerprint density at radius 2 is 1.11 bits per heavy atom. The zero-order valence-electron chi connectivity index (χ0n) is 24.1. The van der Waals surface area contributed by atoms with E-state index in [0.29, 0.717) is 21.0 Å². The summed E-state index contributed by atoms with van der Waals surface area (Å²) in [5, 5.41) is 4.49. The van der Waals surface area contributed by atoms with Gasteiger partial charge in [0.15, 0.2) is 0 Å². The molecule has 12 rings (SSSR count). The maximum absolute atomic E-state index is 2.62. The van der Waals surface area contributed by atoms with Gasteiger partial charge in [0.1, 0.15) is 0 Å². The van der Waals surface area contributed by atoms with Gasteiger partial charge in [0.2, 0.25) is 0 Å². The highest BCUT2D eigenvalue weighted by Crippen LogP contribution is 2.63. The van der Waals surface area contributed by atoms with Crippen LogP contribution in [0.15, 0.2) is 65.1 Å². The third-order valence-corrected chi connectivity index (χ3v) is 21.4. The van der Waals surface area contributed by atoms with Gasteiger partial charge >= 0.3 is 0 Å². The van der Waals surface area contributed by atoms with E-state index < -0.39 is 0 Å². The molecule has 0 nitrogen and oxygen atoms in total. The lowest BCUT2D eigenvalue weighted by Crippen LogP contribution is -1.85. The molecule has 0 bridgehead atoms. The van der Waals surface area contributed by atoms with Gasteiger partial charge in [-0.3, -0.25) is 0 Å². The summed E-state index contributed by atoms with van der Waals surface area (Å²) in [5.74, 6) is 0. The fourth-order valence-electron chi connectivity index (χ4n) is 8.26. The topological polar surface area (TPSA) is 0 Å². The quantitative estimate of drug-likeness (QED) is 0.166. The van der Waals surface area contributed by atoms with E-state index in [1.54, 1.807) is 83.5 Å². The molecular weight excluding hydrogens is 701 g/mol. The minimum Gasteiger partial charge on any atom is -0.147 e. The van der Waals surface area contributed by atoms with E-state index in [4.69, 9.17) is 0 Å². The number of fused-ring (bicyclic) bond motifs is 12. The molecule has 4 atom stereocenters. The lowest BCUT2D eigenvalue weighted by molar-refractivity contribution is 1.15. The van der Waals surface area contributed by atoms with Crippen LogP contribution in [0.25, 0.3) is 29.3 Å². The first-order valence-electron chi connectivity index (χ1n) is 15.5. The van der Waals surface area contributed by atoms with Crippen LogP contribution < -0.4 is 0 Å². The van der Waals surface area contributed by atoms with Crippen LogP contribution in [0, 0.1) is 6.92 Å². The van der Waals surface area contributed by atoms with Crippen LogP contribution in [0.3, 0.4) is 0 Å². The van der Waals surface area contributed by atoms with Gasteiger partial charge in [-0.25, -0.2) is 0 Å². The van der Waals surface area contributed by atoms with Crippen molar-refractivity contribution in [2.24, 2.45) is 0 Å². The molecule has 220 valence electrons. The highest BCUT2D eigenvalue weighted by molar-refractivity contribution is 8.01. The summed E-state index contributed by atoms with van der Waals surface area (Å²) in [7, 11) is 0. The standard InChI is InChI=1S/C37H24S8/c1-15-4-17-6-19-10-26(41-33(19)32(17)39-15)27-12-21-8-23-14-29(45-37(23)36(21)43-27)28-13-22-7-20-11-25(42-34(20)35(22)44-28)24-9-18-5-16-2-3-38-30(16)31(18)40-24/h2-4,9-14,24,27,31,36H,5-8H2,1H3. The van der Waals surface area contributed by atoms with E-state index in [2.05, 4.69) is 130 Å². The minimum atomic E-state index is 0.515. The smallest absolute Gasteiger partial charge is 0.0616 e. The molecule has 6 aromatic rings. The van der Waals surface area contributed by atoms with Crippen LogP contribution in [0.4, 0.5) is 0 Å². The van der Waals surface area contributed by atoms with Gasteiger partial charge in [0, 0.05) is 66.5 Å². The molecule has 2 aliphatic heterocycles. The Kier molecular flexibility index (Phi) is 5.44. The fourth-order valence-corrected chi connectivity index (χ4v) is 19.4. The van der Waals surface area contributed by atoms with E-state index in [-0.39, 0.29) is 0 Å². The molecule has 0 saturated carbocycles. The zero-order valence-corrected chi connectivity index (χ0v) is 30.6. The van der Waals surface area contributed by atoms with Crippen molar-refractivity contribution in [3.8, 4) is 29.3 Å². The minimum absolute atomic E-state index is 0.515. The van der Waals surface area contributed by atoms with Crippen molar-refractivity contribution in [3.05, 3.63) is 123 Å². The van der Waals surface area contributed by atoms with Gasteiger partial charge in [0.05, 0.1) is 21.0 Å². The van der Waals surface area contributed by atoms with Gasteiger partial charge in [-0.2, -0.15) is 0 Å². The average Bonchev–Trinajstić information content (AvgIpc) is 3.81. The molecule has 6 aromatic heterocycles. The molecule has 0 fully saturated rings. The number of aryl methyl sites for hydroxylation is 1. The van der Waals surface area contributed by atoms with Crippen LogP contribution >= 0.6 is 91.5 Å². The third-order valence-electron chi connectivity index (χ3n) is 10.2. The predicted molar refractivity (Wildman–Crippen MR) is 203 cm³/mol. The Morgan fingerprint density at radius 3 is 1.87 bits per heavy atom. The second-order valence-corrected chi connectivity index (χ2v) is 22.1. The molecule has 45 heavy (non-hydrogen) atoms. The van der Waals surface area contributed by atoms with Gasteiger partial charge in [-0.1, -0.05) is 23.3 Å². The number of hydrogen-bond acceptors (Lipinski definition) is 8. The Morgan fingerprint density at radius 1 is 0.533 bits per heavy atom. The van der Waals surface area contributed by atoms with E-state index in [1.165, 1.54) is 21.1 Å². The first-order valence-corrected chi connectivity index (χ1v) is 22.3. The molecule has 8 heteroatoms. The van der Waals surface area contributed by atoms with E-state index in [9.17, 15) is 0 Å². The SMILES string of the molecule is Cc1cc2c(s1)-c1sc(C3C=C4Cc5cc(-c6cc7c(s6)-c6sc(C8C=C9Cc%10ccsc%10C9S8)cc6C7)sc5C4S3)cc1C2. The Hall–Kier alpha value is -1.62. The normalized spacial score (nSPS) is 24.3. The van der Waals surface area contributed by atoms with Crippen LogP contribution in [0.2, 0.25) is 0 Å². The maximum atomic E-state index is 2.62. The highest BCUT2D eigenvalue weighted by atomic mass is 32.2. The van der Waals surface area contributed by atoms with E-state index in [0.717, 1.165) is 19.3 Å². The van der Waals surface area contributed by atoms with Crippen molar-refractivity contribution >= 4 is 91.5 Å². The summed E-state index contributed by atoms with van der Waals surface area (Å²) < 4.78 is 0. The van der Waals surface area contributed by atoms with Gasteiger partial charge in [-0.05, 0) is 94.9 Å². The van der Waals surface area contributed by atoms with Crippen molar-refractivity contribution < 1.29 is 0 Å². The summed E-state index contributed by atoms with van der Waals surface area (Å²) >= 11 is 16.6. The van der Waals surface area contributed by atoms with Crippen LogP contribution in [-0.2, 0) is 25.7 Å². The molecule has 0 N–H and O–H groups in total. The van der Waals surface area contributed by atoms with E-state index >= 15 is 0 Å². The summed E-state index contributed by atoms with van der Waals surface area (Å²) in [4.78, 5) is 17.0. The van der Waals surface area contributed by atoms with Crippen LogP contribution in [0.5, 0.6) is 0 Å². The van der Waals surface area contributed by atoms with Gasteiger partial charge < -0.3 is 0 Å². The van der Waals surface area contributed by atoms with Crippen molar-refractivity contribution in [2.45, 2.75) is 53.6 Å². The lowest BCUT2D eigenvalue weighted by Gasteiger charge is -2.09. The Bertz CT molecular complexity index is 2330. The molecule has 8 heterocycles. The zero-order chi connectivity index (χ0) is 29.1. The first kappa shape index (κ1) is 26.3. The number of thiophene rings is 6. The average molecular weight is 725 g/mol. The second-order valence-electron chi connectivity index (χ2n) is 13.1. The number of hydrogen-bond donors (Lipinski definition) is 0. The summed E-state index contributed by atoms with van der Waals surface area (Å²) in [6, 6.07) is 14.9. The van der Waals surface area contributed by atoms with Crippen molar-refractivity contribution in [1.82, 2.24) is 0 Å². The second kappa shape index (κ2) is 9.29. The fraction of sp³-hybridized carbons (Fsp3) is 0.243. The first-order chi connectivity index (χ1) is 22.1. The lowest BCUT2D eigenvalue weighted by atomic mass is 10.1. The number of thioether (sulfide) groups is 2. The van der Waals surface area contributed by atoms with Gasteiger partial charge in [-0.15, -0.1) is 91.5 Å². The molecule has 0 radical (unpaired) electrons. The largest absolute Gasteiger partial charge is 0.147 e. The third kappa shape index (κ3) is 3.72. The van der Waals surface area contributed by atoms with Gasteiger partial charge in [0.25, 0.3) is 0 Å². The molecule has 0 aromatic carbocycles. The van der Waals surface area contributed by atoms with Crippen LogP contribution in [-0.4, -0.2) is 0 Å². The predicted octanol–water partition coefficient (Wildman–Crippen LogP) is 13.2. The summed E-state index contributed by atoms with van der Waals surface area (Å²) in [6.45, 7) is 2.25. The molecule has 0 amide bonds. The summed E-state index contributed by atoms with van der Waals surface area (Å²) in [5.41, 5.74) is 12.7. The molecule has 4 unspecified atom stereocenters. The summed E-state index contributed by atoms with van der Waals surface area (Å²) in [6.07, 6.45) is 9.77. The van der Waals surface area contributed by atoms with Crippen molar-refractivity contribution in [2.75, 3.05) is 0 Å². The Balaban J connectivity index is 0.796. The highest BCUT2D eigenvalue weighted by Gasteiger charge is 2.40. The molecule has 4 aliphatic carbocycles. The Labute approximate surface area is 294 Å². The van der Waals surface area contributed by atoms with Crippen molar-refractivity contribution in [1.29, 1.82) is 0 Å².